The summed E-state index contributed by atoms with van der Waals surface area (Å²) in [7, 11) is 0. The number of hydrogen-bond acceptors (Lipinski definition) is 6. The molecule has 0 amide bonds. The quantitative estimate of drug-likeness (QED) is 0.364. The zero-order chi connectivity index (χ0) is 20.9. The number of aromatic nitrogens is 3. The van der Waals surface area contributed by atoms with Gasteiger partial charge in [0.05, 0.1) is 21.8 Å². The second kappa shape index (κ2) is 7.32. The summed E-state index contributed by atoms with van der Waals surface area (Å²) in [5.41, 5.74) is 0.679. The fourth-order valence-electron chi connectivity index (χ4n) is 2.94. The van der Waals surface area contributed by atoms with Gasteiger partial charge in [0.15, 0.2) is 11.5 Å². The third-order valence-corrected chi connectivity index (χ3v) is 6.63. The van der Waals surface area contributed by atoms with E-state index in [0.29, 0.717) is 17.0 Å². The van der Waals surface area contributed by atoms with Crippen LogP contribution in [0.5, 0.6) is 0 Å². The van der Waals surface area contributed by atoms with E-state index in [0.717, 1.165) is 0 Å². The molecule has 152 valence electrons. The number of fused-ring (bicyclic) bond motifs is 1. The van der Waals surface area contributed by atoms with Gasteiger partial charge in [-0.3, -0.25) is 0 Å². The molecule has 3 heterocycles. The first kappa shape index (κ1) is 20.2. The van der Waals surface area contributed by atoms with Crippen molar-refractivity contribution >= 4 is 45.9 Å². The Labute approximate surface area is 179 Å². The van der Waals surface area contributed by atoms with Crippen LogP contribution in [0, 0.1) is 5.82 Å². The zero-order valence-corrected chi connectivity index (χ0v) is 17.9. The van der Waals surface area contributed by atoms with Gasteiger partial charge in [0, 0.05) is 29.0 Å². The molecule has 29 heavy (non-hydrogen) atoms. The monoisotopic (exact) mass is 455 g/mol. The van der Waals surface area contributed by atoms with Crippen molar-refractivity contribution in [2.24, 2.45) is 5.16 Å². The van der Waals surface area contributed by atoms with Crippen molar-refractivity contribution in [2.45, 2.75) is 36.8 Å². The minimum atomic E-state index is -1.65. The van der Waals surface area contributed by atoms with E-state index >= 15 is 0 Å². The van der Waals surface area contributed by atoms with E-state index < -0.39 is 28.0 Å². The van der Waals surface area contributed by atoms with Gasteiger partial charge in [-0.2, -0.15) is 10.1 Å². The maximum absolute atomic E-state index is 13.9. The molecule has 11 heteroatoms. The van der Waals surface area contributed by atoms with Crippen LogP contribution in [0.1, 0.15) is 37.1 Å². The van der Waals surface area contributed by atoms with Crippen molar-refractivity contribution in [3.63, 3.8) is 0 Å². The predicted octanol–water partition coefficient (Wildman–Crippen LogP) is 4.06. The number of oxime groups is 1. The van der Waals surface area contributed by atoms with E-state index in [1.165, 1.54) is 12.1 Å². The van der Waals surface area contributed by atoms with Crippen LogP contribution in [0.3, 0.4) is 0 Å². The minimum Gasteiger partial charge on any atom is -0.610 e. The lowest BCUT2D eigenvalue weighted by atomic mass is 10.1. The van der Waals surface area contributed by atoms with E-state index in [1.54, 1.807) is 29.9 Å². The maximum atomic E-state index is 13.9. The van der Waals surface area contributed by atoms with Gasteiger partial charge in [0.2, 0.25) is 10.8 Å². The highest BCUT2D eigenvalue weighted by molar-refractivity contribution is 7.91. The molecule has 7 nitrogen and oxygen atoms in total. The standard InChI is InChI=1S/C18H16Cl2FN5O2S/c1-9(14-11(19)4-5-12(21)15(14)20)29(27)13-6-7-26-17(23-13)10(8-22-26)16-24-18(2,3)28-25-16/h4-9H,1-3H3,(H,24,25)/t9-,29?/m1/s1. The molecule has 1 N–H and O–H groups in total. The van der Waals surface area contributed by atoms with Crippen LogP contribution >= 0.6 is 23.2 Å². The largest absolute Gasteiger partial charge is 0.610 e. The van der Waals surface area contributed by atoms with Gasteiger partial charge >= 0.3 is 0 Å². The molecule has 0 radical (unpaired) electrons. The molecule has 4 rings (SSSR count). The predicted molar refractivity (Wildman–Crippen MR) is 109 cm³/mol. The Morgan fingerprint density at radius 2 is 2.07 bits per heavy atom. The van der Waals surface area contributed by atoms with E-state index in [-0.39, 0.29) is 20.6 Å². The number of halogens is 3. The number of benzene rings is 1. The van der Waals surface area contributed by atoms with Crippen LogP contribution in [0.15, 0.2) is 40.8 Å². The molecule has 1 aliphatic rings. The van der Waals surface area contributed by atoms with Gasteiger partial charge in [-0.15, -0.1) is 0 Å². The van der Waals surface area contributed by atoms with Gasteiger partial charge in [0.25, 0.3) is 0 Å². The van der Waals surface area contributed by atoms with Crippen LogP contribution in [0.25, 0.3) is 5.65 Å². The molecular formula is C18H16Cl2FN5O2S. The summed E-state index contributed by atoms with van der Waals surface area (Å²) in [6.45, 7) is 5.32. The van der Waals surface area contributed by atoms with Crippen molar-refractivity contribution < 1.29 is 13.8 Å². The first-order valence-corrected chi connectivity index (χ1v) is 10.6. The molecular weight excluding hydrogens is 440 g/mol. The molecule has 0 spiro atoms. The fraction of sp³-hybridized carbons (Fsp3) is 0.278. The van der Waals surface area contributed by atoms with Crippen molar-refractivity contribution in [1.82, 2.24) is 19.9 Å². The van der Waals surface area contributed by atoms with E-state index in [4.69, 9.17) is 28.0 Å². The summed E-state index contributed by atoms with van der Waals surface area (Å²) >= 11 is 10.6. The zero-order valence-electron chi connectivity index (χ0n) is 15.6. The van der Waals surface area contributed by atoms with Gasteiger partial charge in [0.1, 0.15) is 11.1 Å². The second-order valence-electron chi connectivity index (χ2n) is 6.96. The fourth-order valence-corrected chi connectivity index (χ4v) is 4.96. The first-order valence-electron chi connectivity index (χ1n) is 8.61. The summed E-state index contributed by atoms with van der Waals surface area (Å²) in [6.07, 6.45) is 3.23. The third kappa shape index (κ3) is 3.63. The molecule has 1 unspecified atom stereocenters. The van der Waals surface area contributed by atoms with Gasteiger partial charge in [-0.25, -0.2) is 8.91 Å². The molecule has 3 aromatic rings. The highest BCUT2D eigenvalue weighted by Gasteiger charge is 2.32. The van der Waals surface area contributed by atoms with Crippen molar-refractivity contribution in [3.05, 3.63) is 57.6 Å². The normalized spacial score (nSPS) is 17.6. The van der Waals surface area contributed by atoms with Crippen LogP contribution < -0.4 is 5.32 Å². The first-order chi connectivity index (χ1) is 13.7. The van der Waals surface area contributed by atoms with E-state index in [1.807, 2.05) is 13.8 Å². The van der Waals surface area contributed by atoms with Crippen LogP contribution in [0.4, 0.5) is 4.39 Å². The van der Waals surface area contributed by atoms with Crippen LogP contribution in [-0.2, 0) is 16.0 Å². The third-order valence-electron chi connectivity index (χ3n) is 4.40. The number of nitrogens with zero attached hydrogens (tertiary/aromatic N) is 4. The Kier molecular flexibility index (Phi) is 5.10. The molecule has 0 bridgehead atoms. The molecule has 0 saturated carbocycles. The molecule has 1 aliphatic heterocycles. The summed E-state index contributed by atoms with van der Waals surface area (Å²) < 4.78 is 28.6. The summed E-state index contributed by atoms with van der Waals surface area (Å²) in [5.74, 6) is -0.144. The topological polar surface area (TPSA) is 86.9 Å². The molecule has 2 atom stereocenters. The average Bonchev–Trinajstić information content (AvgIpc) is 3.26. The van der Waals surface area contributed by atoms with E-state index in [2.05, 4.69) is 20.6 Å². The van der Waals surface area contributed by atoms with Crippen molar-refractivity contribution in [2.75, 3.05) is 0 Å². The lowest BCUT2D eigenvalue weighted by Gasteiger charge is -2.19. The summed E-state index contributed by atoms with van der Waals surface area (Å²) in [4.78, 5) is 9.82. The summed E-state index contributed by atoms with van der Waals surface area (Å²) in [5, 5.41) is 11.1. The highest BCUT2D eigenvalue weighted by Crippen LogP contribution is 2.38. The van der Waals surface area contributed by atoms with Gasteiger partial charge in [-0.1, -0.05) is 28.4 Å². The molecule has 0 saturated heterocycles. The number of hydrogen-bond donors (Lipinski definition) is 1. The van der Waals surface area contributed by atoms with E-state index in [9.17, 15) is 8.94 Å². The Morgan fingerprint density at radius 1 is 1.31 bits per heavy atom. The van der Waals surface area contributed by atoms with Crippen molar-refractivity contribution in [3.8, 4) is 0 Å². The van der Waals surface area contributed by atoms with Gasteiger partial charge < -0.3 is 14.7 Å². The number of rotatable bonds is 4. The van der Waals surface area contributed by atoms with Gasteiger partial charge in [-0.05, 0) is 32.9 Å². The molecule has 0 fully saturated rings. The number of amidine groups is 1. The SMILES string of the molecule is C[C@H](c1c(Cl)ccc(F)c1Cl)[S+]([O-])c1ccn2ncc(C3=NOC(C)(C)N3)c2n1. The molecule has 0 aliphatic carbocycles. The average molecular weight is 456 g/mol. The lowest BCUT2D eigenvalue weighted by Crippen LogP contribution is -2.38. The smallest absolute Gasteiger partial charge is 0.248 e. The minimum absolute atomic E-state index is 0.145. The molecule has 2 aromatic heterocycles. The molecule has 1 aromatic carbocycles. The summed E-state index contributed by atoms with van der Waals surface area (Å²) in [6, 6.07) is 4.15. The Balaban J connectivity index is 1.71. The number of nitrogens with one attached hydrogen (secondary N) is 1. The second-order valence-corrected chi connectivity index (χ2v) is 9.46. The van der Waals surface area contributed by atoms with Crippen LogP contribution in [0.2, 0.25) is 10.0 Å². The Morgan fingerprint density at radius 3 is 2.76 bits per heavy atom. The Hall–Kier alpha value is -2.07. The maximum Gasteiger partial charge on any atom is 0.248 e. The highest BCUT2D eigenvalue weighted by atomic mass is 35.5. The Bertz CT molecular complexity index is 1140. The van der Waals surface area contributed by atoms with Crippen molar-refractivity contribution in [1.29, 1.82) is 0 Å². The van der Waals surface area contributed by atoms with Crippen LogP contribution in [-0.4, -0.2) is 30.7 Å². The lowest BCUT2D eigenvalue weighted by molar-refractivity contribution is -0.00234.